The summed E-state index contributed by atoms with van der Waals surface area (Å²) in [6, 6.07) is 15.1. The minimum Gasteiger partial charge on any atom is -0.490 e. The van der Waals surface area contributed by atoms with Gasteiger partial charge in [-0.15, -0.1) is 0 Å². The van der Waals surface area contributed by atoms with E-state index in [1.807, 2.05) is 43.3 Å². The molecular formula is C20H25NO3. The highest BCUT2D eigenvalue weighted by atomic mass is 16.5. The number of carbonyl (C=O) groups is 1. The molecule has 4 heteroatoms. The second-order valence-corrected chi connectivity index (χ2v) is 5.74. The molecule has 0 radical (unpaired) electrons. The summed E-state index contributed by atoms with van der Waals surface area (Å²) in [5.41, 5.74) is 2.47. The van der Waals surface area contributed by atoms with Gasteiger partial charge in [-0.2, -0.15) is 0 Å². The van der Waals surface area contributed by atoms with E-state index < -0.39 is 0 Å². The number of hydrogen-bond acceptors (Lipinski definition) is 3. The minimum atomic E-state index is -0.171. The monoisotopic (exact) mass is 327 g/mol. The second kappa shape index (κ2) is 9.08. The van der Waals surface area contributed by atoms with Crippen molar-refractivity contribution in [3.05, 3.63) is 59.7 Å². The lowest BCUT2D eigenvalue weighted by Crippen LogP contribution is -2.16. The molecule has 0 fully saturated rings. The first kappa shape index (κ1) is 18.0. The van der Waals surface area contributed by atoms with Crippen LogP contribution in [0.4, 0.5) is 5.69 Å². The molecule has 2 aromatic carbocycles. The van der Waals surface area contributed by atoms with Crippen LogP contribution in [0, 0.1) is 0 Å². The third kappa shape index (κ3) is 4.83. The van der Waals surface area contributed by atoms with Crippen LogP contribution in [0.3, 0.4) is 0 Å². The predicted molar refractivity (Wildman–Crippen MR) is 96.9 cm³/mol. The second-order valence-electron chi connectivity index (χ2n) is 5.74. The van der Waals surface area contributed by atoms with Crippen LogP contribution in [0.25, 0.3) is 0 Å². The molecule has 0 aliphatic rings. The average Bonchev–Trinajstić information content (AvgIpc) is 2.59. The van der Waals surface area contributed by atoms with Crippen LogP contribution in [-0.2, 0) is 4.74 Å². The van der Waals surface area contributed by atoms with Gasteiger partial charge in [-0.3, -0.25) is 4.79 Å². The predicted octanol–water partition coefficient (Wildman–Crippen LogP) is 4.48. The summed E-state index contributed by atoms with van der Waals surface area (Å²) >= 11 is 0. The van der Waals surface area contributed by atoms with Crippen LogP contribution in [-0.4, -0.2) is 25.7 Å². The first-order valence-electron chi connectivity index (χ1n) is 8.33. The van der Waals surface area contributed by atoms with Crippen molar-refractivity contribution in [3.63, 3.8) is 0 Å². The largest absolute Gasteiger partial charge is 0.490 e. The Morgan fingerprint density at radius 1 is 1.04 bits per heavy atom. The molecule has 1 N–H and O–H groups in total. The van der Waals surface area contributed by atoms with Crippen molar-refractivity contribution in [2.75, 3.05) is 25.1 Å². The van der Waals surface area contributed by atoms with E-state index in [0.29, 0.717) is 37.1 Å². The lowest BCUT2D eigenvalue weighted by atomic mass is 10.0. The minimum absolute atomic E-state index is 0.171. The molecule has 0 unspecified atom stereocenters. The van der Waals surface area contributed by atoms with E-state index in [2.05, 4.69) is 19.2 Å². The Morgan fingerprint density at radius 3 is 2.50 bits per heavy atom. The fourth-order valence-electron chi connectivity index (χ4n) is 2.44. The van der Waals surface area contributed by atoms with Crippen LogP contribution in [0.1, 0.15) is 42.6 Å². The number of para-hydroxylation sites is 2. The van der Waals surface area contributed by atoms with Gasteiger partial charge in [0, 0.05) is 12.3 Å². The number of ether oxygens (including phenoxy) is 2. The third-order valence-electron chi connectivity index (χ3n) is 3.65. The summed E-state index contributed by atoms with van der Waals surface area (Å²) in [5, 5.41) is 3.00. The van der Waals surface area contributed by atoms with Crippen LogP contribution in [0.2, 0.25) is 0 Å². The topological polar surface area (TPSA) is 47.6 Å². The molecular weight excluding hydrogens is 302 g/mol. The van der Waals surface area contributed by atoms with Crippen LogP contribution >= 0.6 is 0 Å². The first-order chi connectivity index (χ1) is 11.6. The van der Waals surface area contributed by atoms with Crippen LogP contribution < -0.4 is 10.1 Å². The van der Waals surface area contributed by atoms with Crippen molar-refractivity contribution in [3.8, 4) is 5.75 Å². The van der Waals surface area contributed by atoms with Crippen LogP contribution in [0.15, 0.2) is 48.5 Å². The van der Waals surface area contributed by atoms with Crippen molar-refractivity contribution >= 4 is 11.6 Å². The quantitative estimate of drug-likeness (QED) is 0.727. The van der Waals surface area contributed by atoms with Gasteiger partial charge in [0.15, 0.2) is 0 Å². The van der Waals surface area contributed by atoms with E-state index in [0.717, 1.165) is 11.3 Å². The van der Waals surface area contributed by atoms with E-state index in [1.54, 1.807) is 12.1 Å². The van der Waals surface area contributed by atoms with Crippen molar-refractivity contribution in [1.29, 1.82) is 0 Å². The molecule has 0 atom stereocenters. The number of amides is 1. The molecule has 0 aromatic heterocycles. The highest BCUT2D eigenvalue weighted by Gasteiger charge is 2.14. The number of rotatable bonds is 8. The smallest absolute Gasteiger partial charge is 0.259 e. The lowest BCUT2D eigenvalue weighted by molar-refractivity contribution is 0.0998. The Kier molecular flexibility index (Phi) is 6.82. The van der Waals surface area contributed by atoms with Gasteiger partial charge in [0.05, 0.1) is 12.2 Å². The standard InChI is InChI=1S/C20H25NO3/c1-4-23-13-14-24-19-12-8-6-10-17(19)20(22)21-18-11-7-5-9-16(18)15(2)3/h5-12,15H,4,13-14H2,1-3H3,(H,21,22). The van der Waals surface area contributed by atoms with Crippen molar-refractivity contribution in [2.45, 2.75) is 26.7 Å². The van der Waals surface area contributed by atoms with Crippen LogP contribution in [0.5, 0.6) is 5.75 Å². The molecule has 0 aliphatic carbocycles. The Balaban J connectivity index is 2.13. The maximum atomic E-state index is 12.7. The van der Waals surface area contributed by atoms with Gasteiger partial charge in [-0.25, -0.2) is 0 Å². The lowest BCUT2D eigenvalue weighted by Gasteiger charge is -2.15. The number of nitrogens with one attached hydrogen (secondary N) is 1. The summed E-state index contributed by atoms with van der Waals surface area (Å²) in [5.74, 6) is 0.728. The molecule has 128 valence electrons. The van der Waals surface area contributed by atoms with Crippen molar-refractivity contribution in [2.24, 2.45) is 0 Å². The molecule has 0 saturated carbocycles. The van der Waals surface area contributed by atoms with Crippen molar-refractivity contribution in [1.82, 2.24) is 0 Å². The molecule has 2 rings (SSSR count). The summed E-state index contributed by atoms with van der Waals surface area (Å²) in [4.78, 5) is 12.7. The Bertz CT molecular complexity index is 667. The first-order valence-corrected chi connectivity index (χ1v) is 8.33. The summed E-state index contributed by atoms with van der Waals surface area (Å²) in [6.45, 7) is 7.72. The van der Waals surface area contributed by atoms with Gasteiger partial charge in [0.25, 0.3) is 5.91 Å². The molecule has 0 spiro atoms. The molecule has 0 bridgehead atoms. The van der Waals surface area contributed by atoms with Crippen molar-refractivity contribution < 1.29 is 14.3 Å². The maximum Gasteiger partial charge on any atom is 0.259 e. The zero-order valence-corrected chi connectivity index (χ0v) is 14.5. The zero-order chi connectivity index (χ0) is 17.4. The van der Waals surface area contributed by atoms with Gasteiger partial charge >= 0.3 is 0 Å². The molecule has 1 amide bonds. The Hall–Kier alpha value is -2.33. The summed E-state index contributed by atoms with van der Waals surface area (Å²) in [6.07, 6.45) is 0. The molecule has 24 heavy (non-hydrogen) atoms. The highest BCUT2D eigenvalue weighted by Crippen LogP contribution is 2.25. The SMILES string of the molecule is CCOCCOc1ccccc1C(=O)Nc1ccccc1C(C)C. The van der Waals surface area contributed by atoms with E-state index in [1.165, 1.54) is 0 Å². The number of benzene rings is 2. The third-order valence-corrected chi connectivity index (χ3v) is 3.65. The fourth-order valence-corrected chi connectivity index (χ4v) is 2.44. The Morgan fingerprint density at radius 2 is 1.75 bits per heavy atom. The summed E-state index contributed by atoms with van der Waals surface area (Å²) in [7, 11) is 0. The molecule has 0 heterocycles. The van der Waals surface area contributed by atoms with E-state index in [-0.39, 0.29) is 5.91 Å². The molecule has 0 saturated heterocycles. The van der Waals surface area contributed by atoms with Gasteiger partial charge in [0.1, 0.15) is 12.4 Å². The normalized spacial score (nSPS) is 10.7. The van der Waals surface area contributed by atoms with Gasteiger partial charge in [-0.05, 0) is 36.6 Å². The maximum absolute atomic E-state index is 12.7. The van der Waals surface area contributed by atoms with E-state index >= 15 is 0 Å². The van der Waals surface area contributed by atoms with Gasteiger partial charge in [-0.1, -0.05) is 44.2 Å². The van der Waals surface area contributed by atoms with Gasteiger partial charge in [0.2, 0.25) is 0 Å². The zero-order valence-electron chi connectivity index (χ0n) is 14.5. The molecule has 0 aliphatic heterocycles. The Labute approximate surface area is 143 Å². The number of hydrogen-bond donors (Lipinski definition) is 1. The summed E-state index contributed by atoms with van der Waals surface area (Å²) < 4.78 is 11.0. The van der Waals surface area contributed by atoms with E-state index in [4.69, 9.17) is 9.47 Å². The average molecular weight is 327 g/mol. The number of carbonyl (C=O) groups excluding carboxylic acids is 1. The van der Waals surface area contributed by atoms with E-state index in [9.17, 15) is 4.79 Å². The highest BCUT2D eigenvalue weighted by molar-refractivity contribution is 6.06. The molecule has 2 aromatic rings. The fraction of sp³-hybridized carbons (Fsp3) is 0.350. The van der Waals surface area contributed by atoms with Gasteiger partial charge < -0.3 is 14.8 Å². The molecule has 4 nitrogen and oxygen atoms in total. The number of anilines is 1.